The lowest BCUT2D eigenvalue weighted by Gasteiger charge is -2.37. The van der Waals surface area contributed by atoms with E-state index in [1.54, 1.807) is 12.8 Å². The van der Waals surface area contributed by atoms with E-state index in [1.165, 1.54) is 77.0 Å². The van der Waals surface area contributed by atoms with Gasteiger partial charge in [-0.1, -0.05) is 50.8 Å². The summed E-state index contributed by atoms with van der Waals surface area (Å²) in [7, 11) is 0. The Balaban J connectivity index is 1.28. The summed E-state index contributed by atoms with van der Waals surface area (Å²) in [4.78, 5) is 0. The monoisotopic (exact) mass is 342 g/mol. The molecule has 0 aliphatic heterocycles. The molecule has 0 saturated heterocycles. The molecule has 0 nitrogen and oxygen atoms in total. The Morgan fingerprint density at radius 1 is 0.720 bits per heavy atom. The van der Waals surface area contributed by atoms with E-state index in [0.29, 0.717) is 0 Å². The minimum absolute atomic E-state index is 0.798. The van der Waals surface area contributed by atoms with Gasteiger partial charge in [-0.15, -0.1) is 6.58 Å². The highest BCUT2D eigenvalue weighted by molar-refractivity contribution is 4.94. The Morgan fingerprint density at radius 3 is 1.88 bits per heavy atom. The van der Waals surface area contributed by atoms with Gasteiger partial charge in [0, 0.05) is 0 Å². The summed E-state index contributed by atoms with van der Waals surface area (Å²) in [5, 5.41) is 0. The van der Waals surface area contributed by atoms with Gasteiger partial charge >= 0.3 is 0 Å². The Bertz CT molecular complexity index is 396. The van der Waals surface area contributed by atoms with Crippen LogP contribution in [0.5, 0.6) is 0 Å². The molecule has 0 N–H and O–H groups in total. The fraction of sp³-hybridized carbons (Fsp3) is 0.840. The lowest BCUT2D eigenvalue weighted by atomic mass is 9.69. The number of hydrogen-bond acceptors (Lipinski definition) is 0. The molecule has 142 valence electrons. The van der Waals surface area contributed by atoms with E-state index in [4.69, 9.17) is 0 Å². The minimum atomic E-state index is 0.798. The molecule has 0 spiro atoms. The summed E-state index contributed by atoms with van der Waals surface area (Å²) in [5.41, 5.74) is 0. The molecule has 0 aromatic rings. The highest BCUT2D eigenvalue weighted by Gasteiger charge is 2.29. The number of allylic oxidation sites excluding steroid dienone is 3. The molecule has 0 unspecified atom stereocenters. The average Bonchev–Trinajstić information content (AvgIpc) is 2.67. The molecule has 3 saturated carbocycles. The van der Waals surface area contributed by atoms with Gasteiger partial charge in [0.2, 0.25) is 0 Å². The molecule has 3 aliphatic carbocycles. The maximum Gasteiger partial charge on any atom is -0.0233 e. The van der Waals surface area contributed by atoms with Crippen LogP contribution in [-0.2, 0) is 0 Å². The maximum absolute atomic E-state index is 3.96. The van der Waals surface area contributed by atoms with E-state index in [1.807, 2.05) is 0 Å². The van der Waals surface area contributed by atoms with Gasteiger partial charge in [-0.05, 0) is 99.7 Å². The molecule has 0 atom stereocenters. The molecule has 3 aliphatic rings. The normalized spacial score (nSPS) is 40.2. The fourth-order valence-electron chi connectivity index (χ4n) is 5.90. The zero-order chi connectivity index (χ0) is 17.5. The smallest absolute Gasteiger partial charge is 0.0233 e. The van der Waals surface area contributed by atoms with Crippen molar-refractivity contribution in [1.29, 1.82) is 0 Å². The summed E-state index contributed by atoms with van der Waals surface area (Å²) >= 11 is 0. The van der Waals surface area contributed by atoms with Crippen LogP contribution >= 0.6 is 0 Å². The molecule has 0 bridgehead atoms. The Labute approximate surface area is 157 Å². The molecular weight excluding hydrogens is 300 g/mol. The van der Waals surface area contributed by atoms with Gasteiger partial charge in [0.15, 0.2) is 0 Å². The van der Waals surface area contributed by atoms with Crippen molar-refractivity contribution in [2.45, 2.75) is 96.8 Å². The van der Waals surface area contributed by atoms with Gasteiger partial charge in [-0.3, -0.25) is 0 Å². The van der Waals surface area contributed by atoms with Crippen molar-refractivity contribution in [3.05, 3.63) is 24.8 Å². The molecule has 3 fully saturated rings. The van der Waals surface area contributed by atoms with Crippen molar-refractivity contribution < 1.29 is 0 Å². The van der Waals surface area contributed by atoms with Crippen LogP contribution in [0.3, 0.4) is 0 Å². The quantitative estimate of drug-likeness (QED) is 0.430. The van der Waals surface area contributed by atoms with Gasteiger partial charge in [0.1, 0.15) is 0 Å². The first-order valence-corrected chi connectivity index (χ1v) is 11.5. The van der Waals surface area contributed by atoms with Crippen LogP contribution in [0.25, 0.3) is 0 Å². The van der Waals surface area contributed by atoms with E-state index in [9.17, 15) is 0 Å². The predicted octanol–water partition coefficient (Wildman–Crippen LogP) is 7.95. The van der Waals surface area contributed by atoms with Crippen molar-refractivity contribution in [1.82, 2.24) is 0 Å². The predicted molar refractivity (Wildman–Crippen MR) is 111 cm³/mol. The summed E-state index contributed by atoms with van der Waals surface area (Å²) < 4.78 is 0. The standard InChI is InChI=1S/C25H42/c1-3-21-10-12-22(13-11-21)6-4-5-7-23-14-18-25(19-15-23)24-16-8-20(2)9-17-24/h3-4,6,20-25H,1,5,7-19H2,2H3. The first kappa shape index (κ1) is 19.2. The van der Waals surface area contributed by atoms with E-state index in [-0.39, 0.29) is 0 Å². The summed E-state index contributed by atoms with van der Waals surface area (Å²) in [5.74, 6) is 5.86. The fourth-order valence-corrected chi connectivity index (χ4v) is 5.90. The first-order valence-electron chi connectivity index (χ1n) is 11.5. The van der Waals surface area contributed by atoms with Crippen LogP contribution < -0.4 is 0 Å². The molecule has 0 heterocycles. The highest BCUT2D eigenvalue weighted by atomic mass is 14.3. The van der Waals surface area contributed by atoms with Crippen LogP contribution in [0.15, 0.2) is 24.8 Å². The van der Waals surface area contributed by atoms with Crippen molar-refractivity contribution in [3.63, 3.8) is 0 Å². The second-order valence-corrected chi connectivity index (χ2v) is 9.72. The number of hydrogen-bond donors (Lipinski definition) is 0. The maximum atomic E-state index is 3.96. The summed E-state index contributed by atoms with van der Waals surface area (Å²) in [6.07, 6.45) is 27.7. The van der Waals surface area contributed by atoms with Crippen molar-refractivity contribution in [2.24, 2.45) is 35.5 Å². The minimum Gasteiger partial charge on any atom is -0.103 e. The lowest BCUT2D eigenvalue weighted by molar-refractivity contribution is 0.148. The average molecular weight is 343 g/mol. The molecule has 0 amide bonds. The highest BCUT2D eigenvalue weighted by Crippen LogP contribution is 2.42. The van der Waals surface area contributed by atoms with E-state index in [2.05, 4.69) is 31.7 Å². The SMILES string of the molecule is C=CC1CCC(C=CCCC2CCC(C3CCC(C)CC3)CC2)CC1. The third-order valence-electron chi connectivity index (χ3n) is 7.92. The van der Waals surface area contributed by atoms with E-state index >= 15 is 0 Å². The second kappa shape index (κ2) is 9.98. The summed E-state index contributed by atoms with van der Waals surface area (Å²) in [6.45, 7) is 6.41. The van der Waals surface area contributed by atoms with E-state index in [0.717, 1.165) is 35.5 Å². The molecule has 0 heteroatoms. The first-order chi connectivity index (χ1) is 12.2. The van der Waals surface area contributed by atoms with Crippen molar-refractivity contribution in [3.8, 4) is 0 Å². The van der Waals surface area contributed by atoms with Crippen LogP contribution in [-0.4, -0.2) is 0 Å². The van der Waals surface area contributed by atoms with Gasteiger partial charge < -0.3 is 0 Å². The van der Waals surface area contributed by atoms with Crippen molar-refractivity contribution in [2.75, 3.05) is 0 Å². The Kier molecular flexibility index (Phi) is 7.68. The van der Waals surface area contributed by atoms with Crippen LogP contribution in [0.4, 0.5) is 0 Å². The molecule has 3 rings (SSSR count). The number of rotatable bonds is 6. The van der Waals surface area contributed by atoms with Gasteiger partial charge in [0.05, 0.1) is 0 Å². The largest absolute Gasteiger partial charge is 0.103 e. The Hall–Kier alpha value is -0.520. The summed E-state index contributed by atoms with van der Waals surface area (Å²) in [6, 6.07) is 0. The van der Waals surface area contributed by atoms with Crippen LogP contribution in [0.1, 0.15) is 96.8 Å². The third-order valence-corrected chi connectivity index (χ3v) is 7.92. The Morgan fingerprint density at radius 2 is 1.28 bits per heavy atom. The topological polar surface area (TPSA) is 0 Å². The molecule has 0 aromatic heterocycles. The van der Waals surface area contributed by atoms with Crippen LogP contribution in [0, 0.1) is 35.5 Å². The van der Waals surface area contributed by atoms with Gasteiger partial charge in [-0.2, -0.15) is 0 Å². The molecule has 25 heavy (non-hydrogen) atoms. The van der Waals surface area contributed by atoms with Gasteiger partial charge in [0.25, 0.3) is 0 Å². The molecular formula is C25H42. The zero-order valence-corrected chi connectivity index (χ0v) is 16.8. The van der Waals surface area contributed by atoms with Crippen molar-refractivity contribution >= 4 is 0 Å². The molecule has 0 aromatic carbocycles. The molecule has 0 radical (unpaired) electrons. The zero-order valence-electron chi connectivity index (χ0n) is 16.8. The van der Waals surface area contributed by atoms with Gasteiger partial charge in [-0.25, -0.2) is 0 Å². The lowest BCUT2D eigenvalue weighted by Crippen LogP contribution is -2.25. The third kappa shape index (κ3) is 6.00. The van der Waals surface area contributed by atoms with Crippen LogP contribution in [0.2, 0.25) is 0 Å². The second-order valence-electron chi connectivity index (χ2n) is 9.72. The van der Waals surface area contributed by atoms with E-state index < -0.39 is 0 Å².